The number of benzene rings is 1. The molecule has 1 saturated carbocycles. The third kappa shape index (κ3) is 5.34. The number of carbonyl (C=O) groups excluding carboxylic acids is 1. The Kier molecular flexibility index (Phi) is 6.72. The summed E-state index contributed by atoms with van der Waals surface area (Å²) in [5, 5.41) is 5.73. The van der Waals surface area contributed by atoms with E-state index in [-0.39, 0.29) is 6.03 Å². The Bertz CT molecular complexity index is 476. The van der Waals surface area contributed by atoms with E-state index in [0.29, 0.717) is 31.7 Å². The van der Waals surface area contributed by atoms with Gasteiger partial charge in [0.1, 0.15) is 0 Å². The van der Waals surface area contributed by atoms with Crippen molar-refractivity contribution in [1.82, 2.24) is 10.6 Å². The first-order chi connectivity index (χ1) is 10.7. The SMILES string of the molecule is Cc1ccccc1CNC(=O)NCCOC1CCCCC1C. The third-order valence-corrected chi connectivity index (χ3v) is 4.45. The number of hydrogen-bond donors (Lipinski definition) is 2. The largest absolute Gasteiger partial charge is 0.376 e. The maximum atomic E-state index is 11.8. The van der Waals surface area contributed by atoms with E-state index in [1.807, 2.05) is 31.2 Å². The molecule has 2 rings (SSSR count). The maximum Gasteiger partial charge on any atom is 0.315 e. The highest BCUT2D eigenvalue weighted by molar-refractivity contribution is 5.73. The molecular formula is C18H28N2O2. The highest BCUT2D eigenvalue weighted by Gasteiger charge is 2.21. The standard InChI is InChI=1S/C18H28N2O2/c1-14-7-3-5-9-16(14)13-20-18(21)19-11-12-22-17-10-6-4-8-15(17)2/h3,5,7,9,15,17H,4,6,8,10-13H2,1-2H3,(H2,19,20,21). The van der Waals surface area contributed by atoms with Gasteiger partial charge in [0.2, 0.25) is 0 Å². The van der Waals surface area contributed by atoms with Crippen LogP contribution in [0.15, 0.2) is 24.3 Å². The van der Waals surface area contributed by atoms with Gasteiger partial charge in [-0.1, -0.05) is 44.0 Å². The van der Waals surface area contributed by atoms with E-state index in [2.05, 4.69) is 17.6 Å². The van der Waals surface area contributed by atoms with Crippen molar-refractivity contribution < 1.29 is 9.53 Å². The van der Waals surface area contributed by atoms with E-state index < -0.39 is 0 Å². The molecule has 0 radical (unpaired) electrons. The predicted octanol–water partition coefficient (Wildman–Crippen LogP) is 3.39. The Hall–Kier alpha value is -1.55. The molecule has 0 bridgehead atoms. The minimum absolute atomic E-state index is 0.136. The summed E-state index contributed by atoms with van der Waals surface area (Å²) >= 11 is 0. The van der Waals surface area contributed by atoms with Crippen molar-refractivity contribution in [2.75, 3.05) is 13.2 Å². The van der Waals surface area contributed by atoms with Crippen LogP contribution in [0.4, 0.5) is 4.79 Å². The Balaban J connectivity index is 1.59. The molecule has 0 aliphatic heterocycles. The number of urea groups is 1. The minimum Gasteiger partial charge on any atom is -0.376 e. The smallest absolute Gasteiger partial charge is 0.315 e. The number of hydrogen-bond acceptors (Lipinski definition) is 2. The van der Waals surface area contributed by atoms with E-state index in [4.69, 9.17) is 4.74 Å². The summed E-state index contributed by atoms with van der Waals surface area (Å²) < 4.78 is 5.89. The van der Waals surface area contributed by atoms with Crippen LogP contribution < -0.4 is 10.6 Å². The summed E-state index contributed by atoms with van der Waals surface area (Å²) in [6.07, 6.45) is 5.36. The molecule has 0 saturated heterocycles. The normalized spacial score (nSPS) is 21.4. The number of aryl methyl sites for hydroxylation is 1. The van der Waals surface area contributed by atoms with Crippen LogP contribution in [-0.4, -0.2) is 25.3 Å². The number of amides is 2. The summed E-state index contributed by atoms with van der Waals surface area (Å²) in [6, 6.07) is 7.93. The Morgan fingerprint density at radius 1 is 1.23 bits per heavy atom. The lowest BCUT2D eigenvalue weighted by Gasteiger charge is -2.28. The molecule has 1 aliphatic carbocycles. The molecule has 2 amide bonds. The average molecular weight is 304 g/mol. The second-order valence-electron chi connectivity index (χ2n) is 6.21. The van der Waals surface area contributed by atoms with Gasteiger partial charge in [0.25, 0.3) is 0 Å². The lowest BCUT2D eigenvalue weighted by atomic mass is 9.88. The van der Waals surface area contributed by atoms with Crippen molar-refractivity contribution in [3.63, 3.8) is 0 Å². The monoisotopic (exact) mass is 304 g/mol. The molecule has 1 aromatic rings. The van der Waals surface area contributed by atoms with Gasteiger partial charge >= 0.3 is 6.03 Å². The summed E-state index contributed by atoms with van der Waals surface area (Å²) in [5.41, 5.74) is 2.34. The van der Waals surface area contributed by atoms with Gasteiger partial charge in [-0.05, 0) is 36.8 Å². The van der Waals surface area contributed by atoms with Crippen LogP contribution in [0.3, 0.4) is 0 Å². The predicted molar refractivity (Wildman–Crippen MR) is 88.8 cm³/mol. The zero-order chi connectivity index (χ0) is 15.8. The van der Waals surface area contributed by atoms with E-state index in [1.165, 1.54) is 24.8 Å². The van der Waals surface area contributed by atoms with Crippen molar-refractivity contribution in [3.8, 4) is 0 Å². The molecule has 1 aromatic carbocycles. The van der Waals surface area contributed by atoms with Crippen LogP contribution in [-0.2, 0) is 11.3 Å². The van der Waals surface area contributed by atoms with Crippen LogP contribution in [0, 0.1) is 12.8 Å². The second kappa shape index (κ2) is 8.79. The highest BCUT2D eigenvalue weighted by atomic mass is 16.5. The fourth-order valence-electron chi connectivity index (χ4n) is 2.95. The fraction of sp³-hybridized carbons (Fsp3) is 0.611. The molecule has 122 valence electrons. The van der Waals surface area contributed by atoms with Crippen LogP contribution >= 0.6 is 0 Å². The van der Waals surface area contributed by atoms with Crippen molar-refractivity contribution in [2.45, 2.75) is 52.2 Å². The van der Waals surface area contributed by atoms with Gasteiger partial charge in [-0.25, -0.2) is 4.79 Å². The van der Waals surface area contributed by atoms with Crippen LogP contribution in [0.1, 0.15) is 43.7 Å². The molecule has 0 spiro atoms. The summed E-state index contributed by atoms with van der Waals surface area (Å²) in [6.45, 7) is 6.01. The second-order valence-corrected chi connectivity index (χ2v) is 6.21. The molecule has 4 nitrogen and oxygen atoms in total. The van der Waals surface area contributed by atoms with Crippen LogP contribution in [0.5, 0.6) is 0 Å². The molecule has 0 heterocycles. The number of ether oxygens (including phenoxy) is 1. The van der Waals surface area contributed by atoms with Gasteiger partial charge in [0, 0.05) is 13.1 Å². The van der Waals surface area contributed by atoms with E-state index in [9.17, 15) is 4.79 Å². The number of nitrogens with one attached hydrogen (secondary N) is 2. The first-order valence-corrected chi connectivity index (χ1v) is 8.34. The molecule has 0 aromatic heterocycles. The topological polar surface area (TPSA) is 50.4 Å². The first kappa shape index (κ1) is 16.8. The van der Waals surface area contributed by atoms with Crippen molar-refractivity contribution in [2.24, 2.45) is 5.92 Å². The van der Waals surface area contributed by atoms with Crippen molar-refractivity contribution in [1.29, 1.82) is 0 Å². The van der Waals surface area contributed by atoms with Crippen molar-refractivity contribution >= 4 is 6.03 Å². The fourth-order valence-corrected chi connectivity index (χ4v) is 2.95. The van der Waals surface area contributed by atoms with Gasteiger partial charge < -0.3 is 15.4 Å². The molecule has 2 unspecified atom stereocenters. The summed E-state index contributed by atoms with van der Waals surface area (Å²) in [7, 11) is 0. The van der Waals surface area contributed by atoms with Gasteiger partial charge in [-0.2, -0.15) is 0 Å². The van der Waals surface area contributed by atoms with Gasteiger partial charge in [-0.15, -0.1) is 0 Å². The Morgan fingerprint density at radius 2 is 2.00 bits per heavy atom. The van der Waals surface area contributed by atoms with Gasteiger partial charge in [0.05, 0.1) is 12.7 Å². The molecular weight excluding hydrogens is 276 g/mol. The Morgan fingerprint density at radius 3 is 2.77 bits per heavy atom. The molecule has 4 heteroatoms. The molecule has 2 N–H and O–H groups in total. The molecule has 1 aliphatic rings. The zero-order valence-corrected chi connectivity index (χ0v) is 13.7. The molecule has 2 atom stereocenters. The quantitative estimate of drug-likeness (QED) is 0.792. The lowest BCUT2D eigenvalue weighted by Crippen LogP contribution is -2.38. The van der Waals surface area contributed by atoms with E-state index >= 15 is 0 Å². The summed E-state index contributed by atoms with van der Waals surface area (Å²) in [4.78, 5) is 11.8. The molecule has 1 fully saturated rings. The minimum atomic E-state index is -0.136. The number of carbonyl (C=O) groups is 1. The van der Waals surface area contributed by atoms with Gasteiger partial charge in [0.15, 0.2) is 0 Å². The third-order valence-electron chi connectivity index (χ3n) is 4.45. The van der Waals surface area contributed by atoms with Crippen LogP contribution in [0.2, 0.25) is 0 Å². The molecule has 22 heavy (non-hydrogen) atoms. The van der Waals surface area contributed by atoms with E-state index in [0.717, 1.165) is 12.0 Å². The maximum absolute atomic E-state index is 11.8. The van der Waals surface area contributed by atoms with Crippen LogP contribution in [0.25, 0.3) is 0 Å². The first-order valence-electron chi connectivity index (χ1n) is 8.34. The van der Waals surface area contributed by atoms with Gasteiger partial charge in [-0.3, -0.25) is 0 Å². The highest BCUT2D eigenvalue weighted by Crippen LogP contribution is 2.25. The summed E-state index contributed by atoms with van der Waals surface area (Å²) in [5.74, 6) is 0.642. The van der Waals surface area contributed by atoms with E-state index in [1.54, 1.807) is 0 Å². The number of rotatable bonds is 6. The lowest BCUT2D eigenvalue weighted by molar-refractivity contribution is -0.00243. The van der Waals surface area contributed by atoms with Crippen molar-refractivity contribution in [3.05, 3.63) is 35.4 Å². The average Bonchev–Trinajstić information content (AvgIpc) is 2.52. The Labute approximate surface area is 133 Å². The zero-order valence-electron chi connectivity index (χ0n) is 13.7.